The number of nitrogens with one attached hydrogen (secondary N) is 1. The molecule has 1 saturated carbocycles. The molecule has 17 heavy (non-hydrogen) atoms. The van der Waals surface area contributed by atoms with Crippen LogP contribution in [-0.2, 0) is 9.59 Å². The highest BCUT2D eigenvalue weighted by molar-refractivity contribution is 5.81. The third-order valence-electron chi connectivity index (χ3n) is 3.36. The molecule has 3 unspecified atom stereocenters. The number of rotatable bonds is 5. The van der Waals surface area contributed by atoms with Crippen LogP contribution in [0.15, 0.2) is 0 Å². The van der Waals surface area contributed by atoms with E-state index in [0.29, 0.717) is 25.7 Å². The highest BCUT2D eigenvalue weighted by atomic mass is 16.4. The zero-order valence-corrected chi connectivity index (χ0v) is 10.1. The van der Waals surface area contributed by atoms with E-state index in [0.717, 1.165) is 6.42 Å². The van der Waals surface area contributed by atoms with E-state index < -0.39 is 5.97 Å². The molecule has 4 nitrogen and oxygen atoms in total. The Morgan fingerprint density at radius 2 is 2.12 bits per heavy atom. The van der Waals surface area contributed by atoms with Gasteiger partial charge in [0.25, 0.3) is 0 Å². The Bertz CT molecular complexity index is 332. The van der Waals surface area contributed by atoms with Crippen LogP contribution in [0.5, 0.6) is 0 Å². The molecule has 0 aliphatic heterocycles. The smallest absolute Gasteiger partial charge is 0.306 e. The van der Waals surface area contributed by atoms with E-state index in [2.05, 4.69) is 11.2 Å². The fourth-order valence-corrected chi connectivity index (χ4v) is 2.20. The Kier molecular flexibility index (Phi) is 5.02. The molecule has 0 aromatic carbocycles. The lowest BCUT2D eigenvalue weighted by molar-refractivity contribution is -0.141. The lowest BCUT2D eigenvalue weighted by Gasteiger charge is -2.17. The van der Waals surface area contributed by atoms with Gasteiger partial charge in [-0.2, -0.15) is 0 Å². The second-order valence-corrected chi connectivity index (χ2v) is 4.57. The molecule has 2 N–H and O–H groups in total. The fraction of sp³-hybridized carbons (Fsp3) is 0.692. The Hall–Kier alpha value is -1.50. The first kappa shape index (κ1) is 13.6. The molecule has 1 fully saturated rings. The molecular formula is C13H19NO3. The van der Waals surface area contributed by atoms with Crippen molar-refractivity contribution in [2.24, 2.45) is 11.8 Å². The van der Waals surface area contributed by atoms with Gasteiger partial charge >= 0.3 is 5.97 Å². The van der Waals surface area contributed by atoms with Gasteiger partial charge in [0.05, 0.1) is 5.92 Å². The molecule has 1 rings (SSSR count). The molecule has 0 radical (unpaired) electrons. The van der Waals surface area contributed by atoms with Crippen LogP contribution in [0.3, 0.4) is 0 Å². The van der Waals surface area contributed by atoms with Crippen molar-refractivity contribution in [1.82, 2.24) is 5.32 Å². The number of hydrogen-bond acceptors (Lipinski definition) is 2. The van der Waals surface area contributed by atoms with Crippen molar-refractivity contribution in [2.75, 3.05) is 0 Å². The van der Waals surface area contributed by atoms with Gasteiger partial charge < -0.3 is 10.4 Å². The quantitative estimate of drug-likeness (QED) is 0.710. The van der Waals surface area contributed by atoms with Gasteiger partial charge in [-0.15, -0.1) is 12.3 Å². The second kappa shape index (κ2) is 6.29. The summed E-state index contributed by atoms with van der Waals surface area (Å²) in [6.07, 6.45) is 8.25. The third-order valence-corrected chi connectivity index (χ3v) is 3.36. The zero-order chi connectivity index (χ0) is 12.8. The van der Waals surface area contributed by atoms with E-state index in [1.54, 1.807) is 0 Å². The van der Waals surface area contributed by atoms with Crippen LogP contribution in [0.2, 0.25) is 0 Å². The number of carboxylic acids is 1. The number of carbonyl (C=O) groups is 2. The fourth-order valence-electron chi connectivity index (χ4n) is 2.20. The maximum Gasteiger partial charge on any atom is 0.306 e. The van der Waals surface area contributed by atoms with Crippen LogP contribution in [0.4, 0.5) is 0 Å². The molecule has 94 valence electrons. The molecule has 0 aromatic rings. The first-order valence-electron chi connectivity index (χ1n) is 6.05. The zero-order valence-electron chi connectivity index (χ0n) is 10.1. The number of hydrogen-bond donors (Lipinski definition) is 2. The van der Waals surface area contributed by atoms with E-state index in [9.17, 15) is 9.59 Å². The van der Waals surface area contributed by atoms with Crippen molar-refractivity contribution in [3.63, 3.8) is 0 Å². The van der Waals surface area contributed by atoms with Crippen LogP contribution in [0.25, 0.3) is 0 Å². The molecule has 1 aliphatic rings. The molecule has 4 heteroatoms. The highest BCUT2D eigenvalue weighted by Gasteiger charge is 2.34. The number of carbonyl (C=O) groups excluding carboxylic acids is 1. The van der Waals surface area contributed by atoms with Gasteiger partial charge in [0.2, 0.25) is 5.91 Å². The maximum absolute atomic E-state index is 11.9. The van der Waals surface area contributed by atoms with Crippen molar-refractivity contribution in [3.05, 3.63) is 0 Å². The predicted molar refractivity (Wildman–Crippen MR) is 64.1 cm³/mol. The lowest BCUT2D eigenvalue weighted by Crippen LogP contribution is -2.37. The van der Waals surface area contributed by atoms with E-state index in [1.165, 1.54) is 0 Å². The Balaban J connectivity index is 2.44. The molecule has 1 amide bonds. The largest absolute Gasteiger partial charge is 0.481 e. The normalized spacial score (nSPS) is 24.9. The monoisotopic (exact) mass is 237 g/mol. The predicted octanol–water partition coefficient (Wildman–Crippen LogP) is 1.41. The number of terminal acetylenes is 1. The minimum absolute atomic E-state index is 0.0105. The topological polar surface area (TPSA) is 66.4 Å². The first-order chi connectivity index (χ1) is 8.08. The van der Waals surface area contributed by atoms with Crippen LogP contribution in [0, 0.1) is 24.2 Å². The second-order valence-electron chi connectivity index (χ2n) is 4.57. The van der Waals surface area contributed by atoms with Crippen molar-refractivity contribution in [1.29, 1.82) is 0 Å². The molecule has 0 bridgehead atoms. The summed E-state index contributed by atoms with van der Waals surface area (Å²) < 4.78 is 0. The summed E-state index contributed by atoms with van der Waals surface area (Å²) in [5, 5.41) is 11.8. The van der Waals surface area contributed by atoms with Crippen molar-refractivity contribution >= 4 is 11.9 Å². The average Bonchev–Trinajstić information content (AvgIpc) is 2.77. The number of aliphatic carboxylic acids is 1. The molecule has 0 spiro atoms. The number of carboxylic acid groups (broad SMARTS) is 1. The molecule has 0 saturated heterocycles. The van der Waals surface area contributed by atoms with E-state index in [4.69, 9.17) is 11.5 Å². The van der Waals surface area contributed by atoms with E-state index >= 15 is 0 Å². The van der Waals surface area contributed by atoms with Crippen molar-refractivity contribution in [3.8, 4) is 12.3 Å². The van der Waals surface area contributed by atoms with Gasteiger partial charge in [-0.25, -0.2) is 0 Å². The maximum atomic E-state index is 11.9. The summed E-state index contributed by atoms with van der Waals surface area (Å²) in [6.45, 7) is 1.97. The van der Waals surface area contributed by atoms with Crippen molar-refractivity contribution < 1.29 is 14.7 Å². The molecule has 0 heterocycles. The average molecular weight is 237 g/mol. The van der Waals surface area contributed by atoms with Crippen LogP contribution >= 0.6 is 0 Å². The Morgan fingerprint density at radius 3 is 2.59 bits per heavy atom. The number of amides is 1. The summed E-state index contributed by atoms with van der Waals surface area (Å²) >= 11 is 0. The molecular weight excluding hydrogens is 218 g/mol. The summed E-state index contributed by atoms with van der Waals surface area (Å²) in [5.74, 6) is 1.17. The van der Waals surface area contributed by atoms with Gasteiger partial charge in [0.15, 0.2) is 0 Å². The first-order valence-corrected chi connectivity index (χ1v) is 6.05. The van der Waals surface area contributed by atoms with Gasteiger partial charge in [-0.1, -0.05) is 6.92 Å². The molecule has 3 atom stereocenters. The van der Waals surface area contributed by atoms with E-state index in [-0.39, 0.29) is 23.8 Å². The Labute approximate surface area is 102 Å². The SMILES string of the molecule is C#CCC(CC)NC(=O)C1CCC(C(=O)O)C1. The molecule has 0 aromatic heterocycles. The highest BCUT2D eigenvalue weighted by Crippen LogP contribution is 2.31. The van der Waals surface area contributed by atoms with Crippen LogP contribution < -0.4 is 5.32 Å². The van der Waals surface area contributed by atoms with Gasteiger partial charge in [0.1, 0.15) is 0 Å². The Morgan fingerprint density at radius 1 is 1.47 bits per heavy atom. The summed E-state index contributed by atoms with van der Waals surface area (Å²) in [4.78, 5) is 22.7. The summed E-state index contributed by atoms with van der Waals surface area (Å²) in [5.41, 5.74) is 0. The third kappa shape index (κ3) is 3.77. The van der Waals surface area contributed by atoms with Crippen LogP contribution in [-0.4, -0.2) is 23.0 Å². The summed E-state index contributed by atoms with van der Waals surface area (Å²) in [6, 6.07) is 0.0105. The minimum Gasteiger partial charge on any atom is -0.481 e. The standard InChI is InChI=1S/C13H19NO3/c1-3-5-11(4-2)14-12(15)9-6-7-10(8-9)13(16)17/h1,9-11H,4-8H2,2H3,(H,14,15)(H,16,17). The van der Waals surface area contributed by atoms with E-state index in [1.807, 2.05) is 6.92 Å². The lowest BCUT2D eigenvalue weighted by atomic mass is 10.0. The molecule has 1 aliphatic carbocycles. The minimum atomic E-state index is -0.795. The van der Waals surface area contributed by atoms with Gasteiger partial charge in [-0.05, 0) is 25.7 Å². The van der Waals surface area contributed by atoms with Crippen molar-refractivity contribution in [2.45, 2.75) is 45.1 Å². The van der Waals surface area contributed by atoms with Crippen LogP contribution in [0.1, 0.15) is 39.0 Å². The van der Waals surface area contributed by atoms with Gasteiger partial charge in [0, 0.05) is 18.4 Å². The van der Waals surface area contributed by atoms with Gasteiger partial charge in [-0.3, -0.25) is 9.59 Å². The summed E-state index contributed by atoms with van der Waals surface area (Å²) in [7, 11) is 0.